The Labute approximate surface area is 185 Å². The Kier molecular flexibility index (Phi) is 5.04. The van der Waals surface area contributed by atoms with Crippen LogP contribution in [0.2, 0.25) is 0 Å². The van der Waals surface area contributed by atoms with Gasteiger partial charge in [0.05, 0.1) is 37.1 Å². The Morgan fingerprint density at radius 2 is 1.69 bits per heavy atom. The fourth-order valence-corrected chi connectivity index (χ4v) is 5.40. The number of nitrogens with one attached hydrogen (secondary N) is 1. The molecule has 2 aliphatic carbocycles. The van der Waals surface area contributed by atoms with Gasteiger partial charge in [-0.1, -0.05) is 36.4 Å². The molecule has 1 N–H and O–H groups in total. The summed E-state index contributed by atoms with van der Waals surface area (Å²) in [5.41, 5.74) is 1.04. The molecular weight excluding hydrogens is 411 g/mol. The summed E-state index contributed by atoms with van der Waals surface area (Å²) < 4.78 is 18.8. The monoisotopic (exact) mass is 434 g/mol. The van der Waals surface area contributed by atoms with E-state index in [1.807, 2.05) is 12.2 Å². The highest BCUT2D eigenvalue weighted by Crippen LogP contribution is 2.54. The van der Waals surface area contributed by atoms with E-state index in [-0.39, 0.29) is 47.8 Å². The molecule has 1 saturated heterocycles. The Bertz CT molecular complexity index is 1080. The number of nitrogens with zero attached hydrogens (tertiary/aromatic N) is 1. The van der Waals surface area contributed by atoms with Crippen LogP contribution in [0.1, 0.15) is 24.4 Å². The van der Waals surface area contributed by atoms with Gasteiger partial charge in [0.25, 0.3) is 0 Å². The smallest absolute Gasteiger partial charge is 0.234 e. The first-order valence-electron chi connectivity index (χ1n) is 10.7. The van der Waals surface area contributed by atoms with Gasteiger partial charge >= 0.3 is 0 Å². The molecule has 2 aromatic carbocycles. The highest BCUT2D eigenvalue weighted by molar-refractivity contribution is 6.07. The normalized spacial score (nSPS) is 26.4. The number of ether oxygens (including phenoxy) is 1. The zero-order valence-electron chi connectivity index (χ0n) is 17.5. The fourth-order valence-electron chi connectivity index (χ4n) is 5.40. The third-order valence-electron chi connectivity index (χ3n) is 6.83. The van der Waals surface area contributed by atoms with E-state index in [4.69, 9.17) is 4.74 Å². The van der Waals surface area contributed by atoms with Crippen LogP contribution in [0.4, 0.5) is 10.1 Å². The molecule has 5 atom stereocenters. The predicted molar refractivity (Wildman–Crippen MR) is 115 cm³/mol. The summed E-state index contributed by atoms with van der Waals surface area (Å²) in [6.45, 7) is 0. The third-order valence-corrected chi connectivity index (χ3v) is 6.83. The van der Waals surface area contributed by atoms with Gasteiger partial charge in [-0.15, -0.1) is 0 Å². The molecule has 2 fully saturated rings. The number of likely N-dealkylation sites (tertiary alicyclic amines) is 1. The molecule has 1 heterocycles. The Morgan fingerprint density at radius 3 is 2.31 bits per heavy atom. The molecule has 3 aliphatic rings. The Balaban J connectivity index is 1.44. The van der Waals surface area contributed by atoms with Gasteiger partial charge in [0.2, 0.25) is 17.7 Å². The summed E-state index contributed by atoms with van der Waals surface area (Å²) in [7, 11) is 1.51. The number of fused-ring (bicyclic) bond motifs is 5. The van der Waals surface area contributed by atoms with Crippen molar-refractivity contribution < 1.29 is 23.5 Å². The summed E-state index contributed by atoms with van der Waals surface area (Å²) in [6, 6.07) is 11.8. The molecule has 2 bridgehead atoms. The number of benzene rings is 2. The van der Waals surface area contributed by atoms with Crippen molar-refractivity contribution >= 4 is 23.4 Å². The number of halogens is 1. The van der Waals surface area contributed by atoms with Gasteiger partial charge in [-0.2, -0.15) is 0 Å². The predicted octanol–water partition coefficient (Wildman–Crippen LogP) is 3.71. The van der Waals surface area contributed by atoms with E-state index in [9.17, 15) is 18.8 Å². The van der Waals surface area contributed by atoms with Crippen molar-refractivity contribution in [2.24, 2.45) is 23.7 Å². The Morgan fingerprint density at radius 1 is 1.06 bits per heavy atom. The molecule has 0 aromatic heterocycles. The van der Waals surface area contributed by atoms with Crippen LogP contribution in [-0.2, 0) is 14.4 Å². The third kappa shape index (κ3) is 3.28. The summed E-state index contributed by atoms with van der Waals surface area (Å²) in [5.74, 6) is -1.36. The van der Waals surface area contributed by atoms with Crippen LogP contribution in [0.5, 0.6) is 5.75 Å². The molecular formula is C25H23FN2O4. The number of para-hydroxylation sites is 2. The van der Waals surface area contributed by atoms with E-state index in [0.29, 0.717) is 17.0 Å². The van der Waals surface area contributed by atoms with Gasteiger partial charge in [-0.25, -0.2) is 4.39 Å². The average molecular weight is 434 g/mol. The van der Waals surface area contributed by atoms with Crippen LogP contribution in [0.25, 0.3) is 0 Å². The van der Waals surface area contributed by atoms with Crippen molar-refractivity contribution in [3.63, 3.8) is 0 Å². The molecule has 1 saturated carbocycles. The number of carbonyl (C=O) groups is 3. The summed E-state index contributed by atoms with van der Waals surface area (Å²) in [6.07, 6.45) is 4.75. The molecule has 2 aromatic rings. The SMILES string of the molecule is COc1ccccc1NC(=O)CC(c1ccc(F)cc1)N1C(=O)C2C3C=CC(C3)C2C1=O. The maximum atomic E-state index is 13.6. The zero-order valence-corrected chi connectivity index (χ0v) is 17.5. The second-order valence-corrected chi connectivity index (χ2v) is 8.57. The lowest BCUT2D eigenvalue weighted by Gasteiger charge is -2.28. The molecule has 5 rings (SSSR count). The van der Waals surface area contributed by atoms with Crippen molar-refractivity contribution in [1.29, 1.82) is 0 Å². The van der Waals surface area contributed by atoms with Gasteiger partial charge in [-0.3, -0.25) is 19.3 Å². The molecule has 6 nitrogen and oxygen atoms in total. The van der Waals surface area contributed by atoms with Crippen LogP contribution >= 0.6 is 0 Å². The number of hydrogen-bond acceptors (Lipinski definition) is 4. The fraction of sp³-hybridized carbons (Fsp3) is 0.320. The second-order valence-electron chi connectivity index (χ2n) is 8.57. The van der Waals surface area contributed by atoms with Gasteiger partial charge in [-0.05, 0) is 48.1 Å². The first-order chi connectivity index (χ1) is 15.5. The van der Waals surface area contributed by atoms with E-state index >= 15 is 0 Å². The van der Waals surface area contributed by atoms with E-state index in [1.165, 1.54) is 36.3 Å². The topological polar surface area (TPSA) is 75.7 Å². The van der Waals surface area contributed by atoms with E-state index in [2.05, 4.69) is 5.32 Å². The van der Waals surface area contributed by atoms with Gasteiger partial charge < -0.3 is 10.1 Å². The average Bonchev–Trinajstić information content (AvgIpc) is 3.47. The van der Waals surface area contributed by atoms with E-state index < -0.39 is 11.9 Å². The van der Waals surface area contributed by atoms with Gasteiger partial charge in [0.1, 0.15) is 11.6 Å². The highest BCUT2D eigenvalue weighted by Gasteiger charge is 2.60. The van der Waals surface area contributed by atoms with Crippen molar-refractivity contribution in [3.05, 3.63) is 72.1 Å². The van der Waals surface area contributed by atoms with Crippen molar-refractivity contribution in [2.75, 3.05) is 12.4 Å². The maximum Gasteiger partial charge on any atom is 0.234 e. The lowest BCUT2D eigenvalue weighted by atomic mass is 9.85. The summed E-state index contributed by atoms with van der Waals surface area (Å²) in [4.78, 5) is 40.9. The maximum absolute atomic E-state index is 13.6. The number of imide groups is 1. The molecule has 0 spiro atoms. The molecule has 3 amide bonds. The minimum atomic E-state index is -0.810. The zero-order chi connectivity index (χ0) is 22.4. The van der Waals surface area contributed by atoms with Crippen LogP contribution in [-0.4, -0.2) is 29.7 Å². The van der Waals surface area contributed by atoms with Crippen LogP contribution < -0.4 is 10.1 Å². The van der Waals surface area contributed by atoms with Gasteiger partial charge in [0, 0.05) is 0 Å². The van der Waals surface area contributed by atoms with Crippen molar-refractivity contribution in [1.82, 2.24) is 4.90 Å². The molecule has 0 radical (unpaired) electrons. The molecule has 7 heteroatoms. The summed E-state index contributed by atoms with van der Waals surface area (Å²) in [5, 5.41) is 2.81. The molecule has 1 aliphatic heterocycles. The molecule has 32 heavy (non-hydrogen) atoms. The first-order valence-corrected chi connectivity index (χ1v) is 10.7. The van der Waals surface area contributed by atoms with Crippen molar-refractivity contribution in [2.45, 2.75) is 18.9 Å². The number of methoxy groups -OCH3 is 1. The van der Waals surface area contributed by atoms with Crippen LogP contribution in [0.3, 0.4) is 0 Å². The van der Waals surface area contributed by atoms with Crippen LogP contribution in [0.15, 0.2) is 60.7 Å². The number of amides is 3. The summed E-state index contributed by atoms with van der Waals surface area (Å²) >= 11 is 0. The first kappa shape index (κ1) is 20.4. The van der Waals surface area contributed by atoms with E-state index in [1.54, 1.807) is 24.3 Å². The van der Waals surface area contributed by atoms with Crippen LogP contribution in [0, 0.1) is 29.5 Å². The molecule has 164 valence electrons. The number of rotatable bonds is 6. The highest BCUT2D eigenvalue weighted by atomic mass is 19.1. The largest absolute Gasteiger partial charge is 0.495 e. The molecule has 5 unspecified atom stereocenters. The van der Waals surface area contributed by atoms with Crippen molar-refractivity contribution in [3.8, 4) is 5.75 Å². The standard InChI is InChI=1S/C25H23FN2O4/c1-32-20-5-3-2-4-18(20)27-21(29)13-19(14-8-10-17(26)11-9-14)28-24(30)22-15-6-7-16(12-15)23(22)25(28)31/h2-11,15-16,19,22-23H,12-13H2,1H3,(H,27,29). The second kappa shape index (κ2) is 7.89. The lowest BCUT2D eigenvalue weighted by molar-refractivity contribution is -0.144. The number of anilines is 1. The van der Waals surface area contributed by atoms with E-state index in [0.717, 1.165) is 6.42 Å². The minimum Gasteiger partial charge on any atom is -0.495 e. The Hall–Kier alpha value is -3.48. The minimum absolute atomic E-state index is 0.0720. The number of allylic oxidation sites excluding steroid dienone is 2. The number of hydrogen-bond donors (Lipinski definition) is 1. The quantitative estimate of drug-likeness (QED) is 0.556. The lowest BCUT2D eigenvalue weighted by Crippen LogP contribution is -2.38. The van der Waals surface area contributed by atoms with Gasteiger partial charge in [0.15, 0.2) is 0 Å². The number of carbonyl (C=O) groups excluding carboxylic acids is 3.